The third-order valence-electron chi connectivity index (χ3n) is 3.28. The fraction of sp³-hybridized carbons (Fsp3) is 0.118. The second kappa shape index (κ2) is 5.55. The summed E-state index contributed by atoms with van der Waals surface area (Å²) < 4.78 is 54.4. The molecule has 0 aliphatic heterocycles. The SMILES string of the molecule is [2H]c1c([2H])c([2H])c(-n2c([C@H](C)N)cc3ccc(F)c(Cl)c3c2=O)c([2H])c1[2H]. The molecule has 0 aliphatic rings. The van der Waals surface area contributed by atoms with Crippen molar-refractivity contribution >= 4 is 22.4 Å². The summed E-state index contributed by atoms with van der Waals surface area (Å²) in [4.78, 5) is 13.2. The maximum atomic E-state index is 13.9. The third-order valence-corrected chi connectivity index (χ3v) is 3.65. The van der Waals surface area contributed by atoms with Gasteiger partial charge in [-0.05, 0) is 36.5 Å². The van der Waals surface area contributed by atoms with Gasteiger partial charge < -0.3 is 5.73 Å². The Balaban J connectivity index is 2.60. The molecule has 2 N–H and O–H groups in total. The van der Waals surface area contributed by atoms with Gasteiger partial charge in [-0.25, -0.2) is 4.39 Å². The number of fused-ring (bicyclic) bond motifs is 1. The minimum atomic E-state index is -0.817. The van der Waals surface area contributed by atoms with Crippen LogP contribution in [0.25, 0.3) is 16.5 Å². The van der Waals surface area contributed by atoms with E-state index in [1.54, 1.807) is 6.92 Å². The number of aromatic nitrogens is 1. The Hall–Kier alpha value is -2.17. The van der Waals surface area contributed by atoms with Crippen molar-refractivity contribution in [1.82, 2.24) is 4.57 Å². The van der Waals surface area contributed by atoms with E-state index in [4.69, 9.17) is 24.2 Å². The van der Waals surface area contributed by atoms with E-state index in [-0.39, 0.29) is 16.8 Å². The molecule has 0 bridgehead atoms. The molecule has 2 aromatic carbocycles. The molecule has 1 heterocycles. The van der Waals surface area contributed by atoms with Gasteiger partial charge in [-0.3, -0.25) is 9.36 Å². The zero-order valence-corrected chi connectivity index (χ0v) is 12.3. The van der Waals surface area contributed by atoms with Crippen molar-refractivity contribution < 1.29 is 11.2 Å². The maximum Gasteiger partial charge on any atom is 0.264 e. The Morgan fingerprint density at radius 2 is 2.00 bits per heavy atom. The van der Waals surface area contributed by atoms with Crippen LogP contribution in [0.3, 0.4) is 0 Å². The second-order valence-corrected chi connectivity index (χ2v) is 5.18. The van der Waals surface area contributed by atoms with Gasteiger partial charge in [0.05, 0.1) is 17.3 Å². The number of nitrogens with zero attached hydrogens (tertiary/aromatic N) is 1. The van der Waals surface area contributed by atoms with Gasteiger partial charge in [0.15, 0.2) is 0 Å². The van der Waals surface area contributed by atoms with Gasteiger partial charge in [-0.1, -0.05) is 35.8 Å². The van der Waals surface area contributed by atoms with Crippen molar-refractivity contribution in [3.05, 3.63) is 75.3 Å². The highest BCUT2D eigenvalue weighted by Crippen LogP contribution is 2.26. The summed E-state index contributed by atoms with van der Waals surface area (Å²) in [7, 11) is 0. The lowest BCUT2D eigenvalue weighted by Crippen LogP contribution is -2.26. The minimum absolute atomic E-state index is 0.159. The zero-order chi connectivity index (χ0) is 20.2. The van der Waals surface area contributed by atoms with Crippen LogP contribution in [0.1, 0.15) is 25.5 Å². The van der Waals surface area contributed by atoms with Crippen LogP contribution in [0.2, 0.25) is 5.02 Å². The Morgan fingerprint density at radius 3 is 2.64 bits per heavy atom. The quantitative estimate of drug-likeness (QED) is 0.780. The molecule has 3 aromatic rings. The molecule has 0 fully saturated rings. The van der Waals surface area contributed by atoms with Gasteiger partial charge in [0, 0.05) is 17.4 Å². The summed E-state index contributed by atoms with van der Waals surface area (Å²) >= 11 is 5.97. The van der Waals surface area contributed by atoms with Crippen molar-refractivity contribution in [2.24, 2.45) is 5.73 Å². The highest BCUT2D eigenvalue weighted by Gasteiger charge is 2.17. The molecule has 112 valence electrons. The van der Waals surface area contributed by atoms with Crippen LogP contribution in [0.4, 0.5) is 4.39 Å². The first-order chi connectivity index (χ1) is 12.6. The van der Waals surface area contributed by atoms with Crippen LogP contribution in [-0.2, 0) is 0 Å². The van der Waals surface area contributed by atoms with E-state index in [1.165, 1.54) is 12.1 Å². The number of pyridine rings is 1. The lowest BCUT2D eigenvalue weighted by Gasteiger charge is -2.17. The highest BCUT2D eigenvalue weighted by molar-refractivity contribution is 6.35. The fourth-order valence-electron chi connectivity index (χ4n) is 2.28. The number of rotatable bonds is 2. The van der Waals surface area contributed by atoms with Crippen molar-refractivity contribution in [1.29, 1.82) is 0 Å². The lowest BCUT2D eigenvalue weighted by atomic mass is 10.1. The molecule has 0 spiro atoms. The van der Waals surface area contributed by atoms with E-state index in [2.05, 4.69) is 0 Å². The summed E-state index contributed by atoms with van der Waals surface area (Å²) in [5.41, 5.74) is 4.99. The lowest BCUT2D eigenvalue weighted by molar-refractivity contribution is 0.629. The summed E-state index contributed by atoms with van der Waals surface area (Å²) in [5.74, 6) is -0.803. The number of benzene rings is 2. The van der Waals surface area contributed by atoms with Crippen LogP contribution in [0.5, 0.6) is 0 Å². The molecule has 3 nitrogen and oxygen atoms in total. The molecule has 1 atom stereocenters. The maximum absolute atomic E-state index is 13.9. The first kappa shape index (κ1) is 9.77. The number of hydrogen-bond acceptors (Lipinski definition) is 2. The van der Waals surface area contributed by atoms with E-state index >= 15 is 0 Å². The van der Waals surface area contributed by atoms with Gasteiger partial charge in [-0.2, -0.15) is 0 Å². The Morgan fingerprint density at radius 1 is 1.32 bits per heavy atom. The Labute approximate surface area is 138 Å². The van der Waals surface area contributed by atoms with Crippen LogP contribution in [0, 0.1) is 5.82 Å². The van der Waals surface area contributed by atoms with Crippen LogP contribution in [0.15, 0.2) is 53.2 Å². The molecule has 5 heteroatoms. The van der Waals surface area contributed by atoms with E-state index in [0.717, 1.165) is 10.6 Å². The van der Waals surface area contributed by atoms with Crippen LogP contribution >= 0.6 is 11.6 Å². The average Bonchev–Trinajstić information content (AvgIpc) is 2.62. The molecule has 0 aliphatic carbocycles. The third kappa shape index (κ3) is 2.30. The molecule has 0 unspecified atom stereocenters. The molecule has 3 rings (SSSR count). The summed E-state index contributed by atoms with van der Waals surface area (Å²) in [6.45, 7) is 1.58. The molecule has 0 saturated heterocycles. The van der Waals surface area contributed by atoms with Crippen molar-refractivity contribution in [2.75, 3.05) is 0 Å². The van der Waals surface area contributed by atoms with Crippen molar-refractivity contribution in [2.45, 2.75) is 13.0 Å². The van der Waals surface area contributed by atoms with E-state index in [9.17, 15) is 9.18 Å². The van der Waals surface area contributed by atoms with Gasteiger partial charge in [0.2, 0.25) is 0 Å². The minimum Gasteiger partial charge on any atom is -0.323 e. The molecule has 1 aromatic heterocycles. The standard InChI is InChI=1S/C17H14ClFN2O/c1-10(20)14-9-11-7-8-13(19)16(18)15(11)17(22)21(14)12-5-3-2-4-6-12/h2-10H,20H2,1H3/t10-/m0/s1/i2D,3D,4D,5D,6D. The van der Waals surface area contributed by atoms with Crippen molar-refractivity contribution in [3.63, 3.8) is 0 Å². The molecule has 0 amide bonds. The van der Waals surface area contributed by atoms with E-state index in [1.807, 2.05) is 0 Å². The molecular weight excluding hydrogens is 303 g/mol. The molecule has 0 radical (unpaired) electrons. The van der Waals surface area contributed by atoms with E-state index in [0.29, 0.717) is 5.39 Å². The monoisotopic (exact) mass is 321 g/mol. The summed E-state index contributed by atoms with van der Waals surface area (Å²) in [5, 5.41) is -0.231. The number of hydrogen-bond donors (Lipinski definition) is 1. The molecule has 0 saturated carbocycles. The van der Waals surface area contributed by atoms with Crippen LogP contribution < -0.4 is 11.3 Å². The number of halogens is 2. The first-order valence-electron chi connectivity index (χ1n) is 8.94. The van der Waals surface area contributed by atoms with Gasteiger partial charge in [0.25, 0.3) is 5.56 Å². The molecular formula is C17H14ClFN2O. The Bertz CT molecular complexity index is 1130. The Kier molecular flexibility index (Phi) is 2.47. The largest absolute Gasteiger partial charge is 0.323 e. The van der Waals surface area contributed by atoms with Gasteiger partial charge in [-0.15, -0.1) is 0 Å². The predicted octanol–water partition coefficient (Wildman–Crippen LogP) is 3.80. The topological polar surface area (TPSA) is 48.0 Å². The van der Waals surface area contributed by atoms with E-state index < -0.39 is 52.7 Å². The summed E-state index contributed by atoms with van der Waals surface area (Å²) in [6.07, 6.45) is 0. The normalized spacial score (nSPS) is 15.7. The predicted molar refractivity (Wildman–Crippen MR) is 87.1 cm³/mol. The zero-order valence-electron chi connectivity index (χ0n) is 16.5. The highest BCUT2D eigenvalue weighted by atomic mass is 35.5. The van der Waals surface area contributed by atoms with Crippen LogP contribution in [-0.4, -0.2) is 4.57 Å². The van der Waals surface area contributed by atoms with Crippen molar-refractivity contribution in [3.8, 4) is 5.69 Å². The van der Waals surface area contributed by atoms with Gasteiger partial charge >= 0.3 is 0 Å². The number of nitrogens with two attached hydrogens (primary N) is 1. The number of para-hydroxylation sites is 1. The fourth-order valence-corrected chi connectivity index (χ4v) is 2.53. The second-order valence-electron chi connectivity index (χ2n) is 4.80. The summed E-state index contributed by atoms with van der Waals surface area (Å²) in [6, 6.07) is 0.331. The smallest absolute Gasteiger partial charge is 0.264 e. The average molecular weight is 322 g/mol. The molecule has 22 heavy (non-hydrogen) atoms. The van der Waals surface area contributed by atoms with Gasteiger partial charge in [0.1, 0.15) is 5.82 Å². The first-order valence-corrected chi connectivity index (χ1v) is 6.82.